The fourth-order valence-corrected chi connectivity index (χ4v) is 0.887. The summed E-state index contributed by atoms with van der Waals surface area (Å²) in [4.78, 5) is 21.9. The maximum atomic E-state index is 11.0. The number of carbonyl (C=O) groups excluding carboxylic acids is 2. The van der Waals surface area contributed by atoms with Crippen LogP contribution >= 0.6 is 0 Å². The summed E-state index contributed by atoms with van der Waals surface area (Å²) in [7, 11) is 0. The maximum absolute atomic E-state index is 11.0. The van der Waals surface area contributed by atoms with Gasteiger partial charge in [-0.1, -0.05) is 39.2 Å². The van der Waals surface area contributed by atoms with Crippen molar-refractivity contribution in [3.63, 3.8) is 0 Å². The molecular weight excluding hydrogens is 176 g/mol. The van der Waals surface area contributed by atoms with Gasteiger partial charge in [0.2, 0.25) is 0 Å². The van der Waals surface area contributed by atoms with E-state index in [0.717, 1.165) is 0 Å². The van der Waals surface area contributed by atoms with Crippen LogP contribution in [-0.4, -0.2) is 11.6 Å². The summed E-state index contributed by atoms with van der Waals surface area (Å²) in [6.07, 6.45) is 2.75. The summed E-state index contributed by atoms with van der Waals surface area (Å²) in [6.45, 7) is 13.7. The Balaban J connectivity index is 0. The van der Waals surface area contributed by atoms with Crippen molar-refractivity contribution < 1.29 is 9.59 Å². The van der Waals surface area contributed by atoms with Gasteiger partial charge < -0.3 is 0 Å². The van der Waals surface area contributed by atoms with Crippen LogP contribution < -0.4 is 0 Å². The Kier molecular flexibility index (Phi) is 8.79. The van der Waals surface area contributed by atoms with Crippen LogP contribution in [0.4, 0.5) is 0 Å². The molecule has 0 saturated heterocycles. The van der Waals surface area contributed by atoms with Crippen molar-refractivity contribution in [3.05, 3.63) is 36.5 Å². The number of carbonyl (C=O) groups is 2. The molecular formula is C12H18O2. The summed E-state index contributed by atoms with van der Waals surface area (Å²) < 4.78 is 0. The molecule has 2 nitrogen and oxygen atoms in total. The predicted octanol–water partition coefficient (Wildman–Crippen LogP) is 2.86. The molecule has 0 rings (SSSR count). The Bertz CT molecular complexity index is 242. The van der Waals surface area contributed by atoms with E-state index in [1.807, 2.05) is 13.8 Å². The zero-order chi connectivity index (χ0) is 11.7. The van der Waals surface area contributed by atoms with Crippen LogP contribution in [0.2, 0.25) is 0 Å². The lowest BCUT2D eigenvalue weighted by molar-refractivity contribution is -0.115. The highest BCUT2D eigenvalue weighted by Crippen LogP contribution is 2.09. The van der Waals surface area contributed by atoms with Crippen molar-refractivity contribution in [2.45, 2.75) is 27.7 Å². The Morgan fingerprint density at radius 2 is 1.07 bits per heavy atom. The van der Waals surface area contributed by atoms with Gasteiger partial charge in [-0.25, -0.2) is 0 Å². The largest absolute Gasteiger partial charge is 0.294 e. The first-order valence-corrected chi connectivity index (χ1v) is 4.55. The third-order valence-electron chi connectivity index (χ3n) is 1.46. The molecule has 0 aromatic heterocycles. The molecule has 0 aromatic rings. The van der Waals surface area contributed by atoms with Crippen LogP contribution in [-0.2, 0) is 9.59 Å². The predicted molar refractivity (Wildman–Crippen MR) is 60.1 cm³/mol. The highest BCUT2D eigenvalue weighted by atomic mass is 16.1. The first-order valence-electron chi connectivity index (χ1n) is 4.55. The third-order valence-corrected chi connectivity index (χ3v) is 1.46. The molecule has 0 aliphatic carbocycles. The molecule has 78 valence electrons. The lowest BCUT2D eigenvalue weighted by Gasteiger charge is -2.00. The van der Waals surface area contributed by atoms with Gasteiger partial charge >= 0.3 is 0 Å². The van der Waals surface area contributed by atoms with Gasteiger partial charge in [-0.2, -0.15) is 0 Å². The summed E-state index contributed by atoms with van der Waals surface area (Å²) in [5.41, 5.74) is 0.662. The van der Waals surface area contributed by atoms with E-state index in [0.29, 0.717) is 11.1 Å². The standard InChI is InChI=1S/C10H12O2.C2H6/c1-5-9(7(3)11)10(6-2)8(4)12;1-2/h5-6H,1-2H2,3-4H3;1-2H3/b10-9-;. The molecule has 14 heavy (non-hydrogen) atoms. The minimum atomic E-state index is -0.171. The maximum Gasteiger partial charge on any atom is 0.160 e. The number of allylic oxidation sites excluding steroid dienone is 4. The fourth-order valence-electron chi connectivity index (χ4n) is 0.887. The van der Waals surface area contributed by atoms with E-state index < -0.39 is 0 Å². The summed E-state index contributed by atoms with van der Waals surface area (Å²) in [6, 6.07) is 0. The molecule has 0 aliphatic rings. The molecule has 0 unspecified atom stereocenters. The first kappa shape index (κ1) is 15.1. The van der Waals surface area contributed by atoms with Crippen molar-refractivity contribution in [2.75, 3.05) is 0 Å². The van der Waals surface area contributed by atoms with Crippen LogP contribution in [0.25, 0.3) is 0 Å². The second-order valence-corrected chi connectivity index (χ2v) is 2.35. The lowest BCUT2D eigenvalue weighted by atomic mass is 10.0. The van der Waals surface area contributed by atoms with E-state index in [9.17, 15) is 9.59 Å². The van der Waals surface area contributed by atoms with Crippen LogP contribution in [0.3, 0.4) is 0 Å². The van der Waals surface area contributed by atoms with Gasteiger partial charge in [0.1, 0.15) is 0 Å². The number of hydrogen-bond acceptors (Lipinski definition) is 2. The zero-order valence-corrected chi connectivity index (χ0v) is 9.39. The Hall–Kier alpha value is -1.44. The van der Waals surface area contributed by atoms with Crippen molar-refractivity contribution in [2.24, 2.45) is 0 Å². The minimum Gasteiger partial charge on any atom is -0.294 e. The molecule has 0 saturated carbocycles. The first-order chi connectivity index (χ1) is 6.54. The average Bonchev–Trinajstić information content (AvgIpc) is 2.15. The van der Waals surface area contributed by atoms with Crippen LogP contribution in [0.15, 0.2) is 36.5 Å². The number of ketones is 2. The second-order valence-electron chi connectivity index (χ2n) is 2.35. The molecule has 0 bridgehead atoms. The molecule has 0 radical (unpaired) electrons. The van der Waals surface area contributed by atoms with Gasteiger partial charge in [0.05, 0.1) is 0 Å². The molecule has 2 heteroatoms. The topological polar surface area (TPSA) is 34.1 Å². The molecule has 0 atom stereocenters. The number of hydrogen-bond donors (Lipinski definition) is 0. The monoisotopic (exact) mass is 194 g/mol. The summed E-state index contributed by atoms with van der Waals surface area (Å²) >= 11 is 0. The Morgan fingerprint density at radius 1 is 0.857 bits per heavy atom. The van der Waals surface area contributed by atoms with Gasteiger partial charge in [-0.15, -0.1) is 0 Å². The van der Waals surface area contributed by atoms with E-state index in [-0.39, 0.29) is 11.6 Å². The van der Waals surface area contributed by atoms with Gasteiger partial charge in [0.25, 0.3) is 0 Å². The van der Waals surface area contributed by atoms with Crippen LogP contribution in [0, 0.1) is 0 Å². The van der Waals surface area contributed by atoms with Gasteiger partial charge in [0.15, 0.2) is 11.6 Å². The van der Waals surface area contributed by atoms with Gasteiger partial charge in [-0.05, 0) is 13.8 Å². The van der Waals surface area contributed by atoms with E-state index >= 15 is 0 Å². The van der Waals surface area contributed by atoms with Crippen molar-refractivity contribution in [1.82, 2.24) is 0 Å². The quantitative estimate of drug-likeness (QED) is 0.509. The van der Waals surface area contributed by atoms with Gasteiger partial charge in [-0.3, -0.25) is 9.59 Å². The highest BCUT2D eigenvalue weighted by Gasteiger charge is 2.08. The molecule has 0 N–H and O–H groups in total. The van der Waals surface area contributed by atoms with Gasteiger partial charge in [0, 0.05) is 11.1 Å². The van der Waals surface area contributed by atoms with Crippen molar-refractivity contribution in [1.29, 1.82) is 0 Å². The Labute approximate surface area is 86.0 Å². The second kappa shape index (κ2) is 8.17. The summed E-state index contributed by atoms with van der Waals surface area (Å²) in [5, 5.41) is 0. The number of rotatable bonds is 4. The van der Waals surface area contributed by atoms with Crippen molar-refractivity contribution in [3.8, 4) is 0 Å². The minimum absolute atomic E-state index is 0.171. The average molecular weight is 194 g/mol. The summed E-state index contributed by atoms with van der Waals surface area (Å²) in [5.74, 6) is -0.342. The van der Waals surface area contributed by atoms with Crippen LogP contribution in [0.5, 0.6) is 0 Å². The smallest absolute Gasteiger partial charge is 0.160 e. The highest BCUT2D eigenvalue weighted by molar-refractivity contribution is 6.07. The third kappa shape index (κ3) is 4.55. The molecule has 0 fully saturated rings. The molecule has 0 aliphatic heterocycles. The molecule has 0 spiro atoms. The molecule has 0 heterocycles. The van der Waals surface area contributed by atoms with Crippen molar-refractivity contribution >= 4 is 11.6 Å². The Morgan fingerprint density at radius 3 is 1.14 bits per heavy atom. The van der Waals surface area contributed by atoms with Crippen LogP contribution in [0.1, 0.15) is 27.7 Å². The van der Waals surface area contributed by atoms with E-state index in [4.69, 9.17) is 0 Å². The van der Waals surface area contributed by atoms with E-state index in [2.05, 4.69) is 13.2 Å². The van der Waals surface area contributed by atoms with E-state index in [1.54, 1.807) is 0 Å². The zero-order valence-electron chi connectivity index (χ0n) is 9.39. The lowest BCUT2D eigenvalue weighted by Crippen LogP contribution is -2.03. The SMILES string of the molecule is C=C/C(C(C)=O)=C(\C=C)C(C)=O.CC. The fraction of sp³-hybridized carbons (Fsp3) is 0.333. The molecule has 0 amide bonds. The molecule has 0 aromatic carbocycles. The number of Topliss-reactive ketones (excluding diaryl/α,β-unsaturated/α-hetero) is 2. The van der Waals surface area contributed by atoms with E-state index in [1.165, 1.54) is 26.0 Å². The normalized spacial score (nSPS) is 10.3.